The molecule has 0 aromatic heterocycles. The Kier molecular flexibility index (Phi) is 8.57. The van der Waals surface area contributed by atoms with E-state index >= 15 is 0 Å². The van der Waals surface area contributed by atoms with E-state index < -0.39 is 22.5 Å². The molecule has 4 aromatic carbocycles. The number of carbonyl (C=O) groups excluding carboxylic acids is 3. The van der Waals surface area contributed by atoms with E-state index in [0.29, 0.717) is 17.0 Å². The van der Waals surface area contributed by atoms with Crippen molar-refractivity contribution in [3.05, 3.63) is 129 Å². The second-order valence-corrected chi connectivity index (χ2v) is 8.17. The van der Waals surface area contributed by atoms with Gasteiger partial charge in [0.05, 0.1) is 23.8 Å². The maximum absolute atomic E-state index is 12.7. The Hall–Kier alpha value is -5.84. The van der Waals surface area contributed by atoms with Gasteiger partial charge in [-0.3, -0.25) is 19.7 Å². The molecule has 4 rings (SSSR count). The van der Waals surface area contributed by atoms with Crippen molar-refractivity contribution in [2.24, 2.45) is 5.10 Å². The first-order valence-corrected chi connectivity index (χ1v) is 11.8. The highest BCUT2D eigenvalue weighted by Gasteiger charge is 2.22. The Morgan fingerprint density at radius 3 is 2.20 bits per heavy atom. The number of nitrogens with zero attached hydrogens (tertiary/aromatic N) is 2. The van der Waals surface area contributed by atoms with E-state index in [0.717, 1.165) is 6.21 Å². The number of ether oxygens (including phenoxy) is 2. The number of hydrogen-bond donors (Lipinski definition) is 2. The SMILES string of the molecule is COc1cccc(C(=O)Oc2c(/C=N/NC(=O)c3ccc(NC(=O)c4ccccc4)cc3)cccc2[N+](=O)[O-])c1. The van der Waals surface area contributed by atoms with Gasteiger partial charge < -0.3 is 14.8 Å². The second kappa shape index (κ2) is 12.6. The third-order valence-corrected chi connectivity index (χ3v) is 5.53. The van der Waals surface area contributed by atoms with Crippen LogP contribution in [0.2, 0.25) is 0 Å². The number of nitrogens with one attached hydrogen (secondary N) is 2. The minimum atomic E-state index is -0.841. The van der Waals surface area contributed by atoms with Gasteiger partial charge in [0, 0.05) is 28.4 Å². The Bertz CT molecular complexity index is 1590. The molecule has 4 aromatic rings. The fraction of sp³-hybridized carbons (Fsp3) is 0.0345. The molecule has 0 atom stereocenters. The van der Waals surface area contributed by atoms with Gasteiger partial charge in [-0.1, -0.05) is 30.3 Å². The lowest BCUT2D eigenvalue weighted by atomic mass is 10.1. The number of carbonyl (C=O) groups is 3. The third kappa shape index (κ3) is 6.72. The highest BCUT2D eigenvalue weighted by Crippen LogP contribution is 2.31. The molecule has 0 bridgehead atoms. The largest absolute Gasteiger partial charge is 0.497 e. The average molecular weight is 539 g/mol. The lowest BCUT2D eigenvalue weighted by Crippen LogP contribution is -2.18. The number of hydrazone groups is 1. The van der Waals surface area contributed by atoms with E-state index in [4.69, 9.17) is 9.47 Å². The van der Waals surface area contributed by atoms with Gasteiger partial charge >= 0.3 is 11.7 Å². The van der Waals surface area contributed by atoms with Crippen molar-refractivity contribution in [2.45, 2.75) is 0 Å². The van der Waals surface area contributed by atoms with Crippen LogP contribution in [0.3, 0.4) is 0 Å². The normalized spacial score (nSPS) is 10.5. The molecule has 0 saturated heterocycles. The summed E-state index contributed by atoms with van der Waals surface area (Å²) in [6.07, 6.45) is 1.13. The summed E-state index contributed by atoms with van der Waals surface area (Å²) >= 11 is 0. The maximum atomic E-state index is 12.7. The van der Waals surface area contributed by atoms with Crippen molar-refractivity contribution in [2.75, 3.05) is 12.4 Å². The standard InChI is InChI=1S/C29H22N4O7/c1-39-24-11-5-9-21(17-24)29(36)40-26-22(10-6-12-25(26)33(37)38)18-30-32-28(35)20-13-15-23(16-14-20)31-27(34)19-7-3-2-4-8-19/h2-18H,1H3,(H,31,34)(H,32,35)/b30-18+. The number of benzene rings is 4. The summed E-state index contributed by atoms with van der Waals surface area (Å²) in [5.41, 5.74) is 3.31. The molecule has 2 N–H and O–H groups in total. The summed E-state index contributed by atoms with van der Waals surface area (Å²) in [5.74, 6) is -1.63. The number of esters is 1. The summed E-state index contributed by atoms with van der Waals surface area (Å²) in [4.78, 5) is 48.5. The van der Waals surface area contributed by atoms with Crippen LogP contribution in [0.4, 0.5) is 11.4 Å². The summed E-state index contributed by atoms with van der Waals surface area (Å²) in [6, 6.07) is 25.0. The molecule has 0 unspecified atom stereocenters. The van der Waals surface area contributed by atoms with Gasteiger partial charge in [0.1, 0.15) is 5.75 Å². The Morgan fingerprint density at radius 2 is 1.50 bits per heavy atom. The van der Waals surface area contributed by atoms with Gasteiger partial charge in [-0.2, -0.15) is 5.10 Å². The van der Waals surface area contributed by atoms with E-state index in [-0.39, 0.29) is 28.3 Å². The predicted octanol–water partition coefficient (Wildman–Crippen LogP) is 4.84. The van der Waals surface area contributed by atoms with Crippen LogP contribution in [0, 0.1) is 10.1 Å². The molecule has 11 heteroatoms. The highest BCUT2D eigenvalue weighted by molar-refractivity contribution is 6.04. The van der Waals surface area contributed by atoms with Crippen molar-refractivity contribution >= 4 is 35.4 Å². The van der Waals surface area contributed by atoms with Crippen LogP contribution in [0.1, 0.15) is 36.6 Å². The molecule has 0 aliphatic carbocycles. The molecule has 0 saturated carbocycles. The number of methoxy groups -OCH3 is 1. The highest BCUT2D eigenvalue weighted by atomic mass is 16.6. The van der Waals surface area contributed by atoms with Crippen molar-refractivity contribution in [1.29, 1.82) is 0 Å². The number of hydrogen-bond acceptors (Lipinski definition) is 8. The summed E-state index contributed by atoms with van der Waals surface area (Å²) in [5, 5.41) is 18.2. The third-order valence-electron chi connectivity index (χ3n) is 5.53. The summed E-state index contributed by atoms with van der Waals surface area (Å²) < 4.78 is 10.5. The Labute approximate surface area is 228 Å². The maximum Gasteiger partial charge on any atom is 0.343 e. The number of nitro groups is 1. The zero-order chi connectivity index (χ0) is 28.5. The van der Waals surface area contributed by atoms with E-state index in [1.54, 1.807) is 54.6 Å². The topological polar surface area (TPSA) is 149 Å². The number of rotatable bonds is 9. The van der Waals surface area contributed by atoms with Crippen molar-refractivity contribution in [3.63, 3.8) is 0 Å². The zero-order valence-corrected chi connectivity index (χ0v) is 21.1. The van der Waals surface area contributed by atoms with Gasteiger partial charge in [-0.05, 0) is 60.7 Å². The first-order valence-electron chi connectivity index (χ1n) is 11.8. The smallest absolute Gasteiger partial charge is 0.343 e. The van der Waals surface area contributed by atoms with Gasteiger partial charge in [0.15, 0.2) is 0 Å². The van der Waals surface area contributed by atoms with Crippen LogP contribution in [-0.2, 0) is 0 Å². The lowest BCUT2D eigenvalue weighted by Gasteiger charge is -2.09. The molecule has 0 spiro atoms. The molecule has 0 fully saturated rings. The van der Waals surface area contributed by atoms with Crippen LogP contribution in [0.15, 0.2) is 102 Å². The number of anilines is 1. The first kappa shape index (κ1) is 27.2. The second-order valence-electron chi connectivity index (χ2n) is 8.17. The monoisotopic (exact) mass is 538 g/mol. The molecular weight excluding hydrogens is 516 g/mol. The molecule has 200 valence electrons. The minimum Gasteiger partial charge on any atom is -0.497 e. The lowest BCUT2D eigenvalue weighted by molar-refractivity contribution is -0.385. The van der Waals surface area contributed by atoms with Crippen LogP contribution >= 0.6 is 0 Å². The van der Waals surface area contributed by atoms with Gasteiger partial charge in [-0.25, -0.2) is 10.2 Å². The molecule has 0 radical (unpaired) electrons. The van der Waals surface area contributed by atoms with E-state index in [1.165, 1.54) is 49.6 Å². The number of amides is 2. The van der Waals surface area contributed by atoms with Crippen LogP contribution < -0.4 is 20.2 Å². The fourth-order valence-electron chi connectivity index (χ4n) is 3.52. The minimum absolute atomic E-state index is 0.0877. The fourth-order valence-corrected chi connectivity index (χ4v) is 3.52. The van der Waals surface area contributed by atoms with E-state index in [2.05, 4.69) is 15.8 Å². The zero-order valence-electron chi connectivity index (χ0n) is 21.1. The Morgan fingerprint density at radius 1 is 0.825 bits per heavy atom. The Balaban J connectivity index is 1.45. The van der Waals surface area contributed by atoms with Gasteiger partial charge in [0.2, 0.25) is 5.75 Å². The average Bonchev–Trinajstić information content (AvgIpc) is 2.98. The molecule has 0 aliphatic rings. The molecule has 0 aliphatic heterocycles. The molecule has 40 heavy (non-hydrogen) atoms. The molecular formula is C29H22N4O7. The van der Waals surface area contributed by atoms with Crippen LogP contribution in [0.5, 0.6) is 11.5 Å². The predicted molar refractivity (Wildman–Crippen MR) is 147 cm³/mol. The number of nitro benzene ring substituents is 1. The number of para-hydroxylation sites is 1. The van der Waals surface area contributed by atoms with E-state index in [1.807, 2.05) is 0 Å². The van der Waals surface area contributed by atoms with Crippen LogP contribution in [-0.4, -0.2) is 36.0 Å². The van der Waals surface area contributed by atoms with E-state index in [9.17, 15) is 24.5 Å². The quantitative estimate of drug-likeness (QED) is 0.102. The molecule has 2 amide bonds. The summed E-state index contributed by atoms with van der Waals surface area (Å²) in [7, 11) is 1.44. The van der Waals surface area contributed by atoms with Gasteiger partial charge in [0.25, 0.3) is 11.8 Å². The van der Waals surface area contributed by atoms with Crippen molar-refractivity contribution in [1.82, 2.24) is 5.43 Å². The van der Waals surface area contributed by atoms with Gasteiger partial charge in [-0.15, -0.1) is 0 Å². The van der Waals surface area contributed by atoms with Crippen LogP contribution in [0.25, 0.3) is 0 Å². The summed E-state index contributed by atoms with van der Waals surface area (Å²) in [6.45, 7) is 0. The molecule has 0 heterocycles. The van der Waals surface area contributed by atoms with Crippen molar-refractivity contribution in [3.8, 4) is 11.5 Å². The molecule has 11 nitrogen and oxygen atoms in total. The van der Waals surface area contributed by atoms with Crippen molar-refractivity contribution < 1.29 is 28.8 Å². The first-order chi connectivity index (χ1) is 19.4.